The Labute approximate surface area is 199 Å². The summed E-state index contributed by atoms with van der Waals surface area (Å²) in [5.41, 5.74) is 1.46. The maximum atomic E-state index is 13.1. The van der Waals surface area contributed by atoms with Gasteiger partial charge >= 0.3 is 5.97 Å². The highest BCUT2D eigenvalue weighted by Crippen LogP contribution is 2.29. The molecule has 1 N–H and O–H groups in total. The molecule has 1 aromatic heterocycles. The van der Waals surface area contributed by atoms with Crippen molar-refractivity contribution in [2.24, 2.45) is 17.8 Å². The molecule has 2 aliphatic rings. The molecular formula is C25H32ClN3O4. The number of esters is 1. The minimum absolute atomic E-state index is 0.0132. The minimum Gasteiger partial charge on any atom is -0.466 e. The number of rotatable bonds is 5. The Hall–Kier alpha value is -2.54. The van der Waals surface area contributed by atoms with E-state index in [0.29, 0.717) is 56.3 Å². The van der Waals surface area contributed by atoms with Gasteiger partial charge in [0.25, 0.3) is 5.91 Å². The van der Waals surface area contributed by atoms with Gasteiger partial charge in [-0.1, -0.05) is 18.5 Å². The van der Waals surface area contributed by atoms with Gasteiger partial charge in [-0.25, -0.2) is 0 Å². The molecule has 0 aliphatic carbocycles. The van der Waals surface area contributed by atoms with Gasteiger partial charge in [0.15, 0.2) is 0 Å². The Morgan fingerprint density at radius 2 is 1.73 bits per heavy atom. The molecule has 178 valence electrons. The van der Waals surface area contributed by atoms with Crippen molar-refractivity contribution in [2.75, 3.05) is 32.8 Å². The molecular weight excluding hydrogens is 442 g/mol. The number of benzene rings is 1. The third-order valence-electron chi connectivity index (χ3n) is 7.16. The van der Waals surface area contributed by atoms with Crippen LogP contribution in [0, 0.1) is 17.8 Å². The van der Waals surface area contributed by atoms with E-state index in [4.69, 9.17) is 16.3 Å². The van der Waals surface area contributed by atoms with Crippen LogP contribution >= 0.6 is 11.6 Å². The molecule has 33 heavy (non-hydrogen) atoms. The van der Waals surface area contributed by atoms with Crippen LogP contribution in [0.3, 0.4) is 0 Å². The second-order valence-electron chi connectivity index (χ2n) is 9.18. The second kappa shape index (κ2) is 10.2. The number of nitrogens with one attached hydrogen (secondary N) is 1. The van der Waals surface area contributed by atoms with Crippen molar-refractivity contribution >= 4 is 40.3 Å². The zero-order valence-corrected chi connectivity index (χ0v) is 20.1. The predicted molar refractivity (Wildman–Crippen MR) is 127 cm³/mol. The smallest absolute Gasteiger partial charge is 0.309 e. The lowest BCUT2D eigenvalue weighted by molar-refractivity contribution is -0.152. The molecule has 2 aliphatic heterocycles. The molecule has 1 aromatic carbocycles. The van der Waals surface area contributed by atoms with Crippen LogP contribution in [-0.4, -0.2) is 65.4 Å². The summed E-state index contributed by atoms with van der Waals surface area (Å²) in [4.78, 5) is 45.0. The molecule has 1 atom stereocenters. The van der Waals surface area contributed by atoms with Crippen LogP contribution in [0.15, 0.2) is 24.3 Å². The summed E-state index contributed by atoms with van der Waals surface area (Å²) in [5, 5.41) is 1.57. The van der Waals surface area contributed by atoms with E-state index in [9.17, 15) is 14.4 Å². The zero-order chi connectivity index (χ0) is 23.5. The van der Waals surface area contributed by atoms with Crippen molar-refractivity contribution in [2.45, 2.75) is 39.5 Å². The first kappa shape index (κ1) is 23.6. The van der Waals surface area contributed by atoms with E-state index < -0.39 is 0 Å². The number of likely N-dealkylation sites (tertiary alicyclic amines) is 2. The molecule has 0 bridgehead atoms. The molecule has 0 radical (unpaired) electrons. The Balaban J connectivity index is 1.28. The summed E-state index contributed by atoms with van der Waals surface area (Å²) in [6.07, 6.45) is 2.95. The maximum Gasteiger partial charge on any atom is 0.309 e. The highest BCUT2D eigenvalue weighted by Gasteiger charge is 2.35. The molecule has 3 heterocycles. The Morgan fingerprint density at radius 1 is 1.06 bits per heavy atom. The average molecular weight is 474 g/mol. The molecule has 7 nitrogen and oxygen atoms in total. The van der Waals surface area contributed by atoms with Crippen LogP contribution in [0.25, 0.3) is 10.9 Å². The van der Waals surface area contributed by atoms with Gasteiger partial charge in [0.1, 0.15) is 5.69 Å². The van der Waals surface area contributed by atoms with Crippen molar-refractivity contribution in [3.8, 4) is 0 Å². The van der Waals surface area contributed by atoms with Gasteiger partial charge in [-0.2, -0.15) is 0 Å². The lowest BCUT2D eigenvalue weighted by Gasteiger charge is -2.37. The van der Waals surface area contributed by atoms with Gasteiger partial charge in [-0.3, -0.25) is 14.4 Å². The monoisotopic (exact) mass is 473 g/mol. The van der Waals surface area contributed by atoms with E-state index in [2.05, 4.69) is 4.98 Å². The number of hydrogen-bond acceptors (Lipinski definition) is 4. The summed E-state index contributed by atoms with van der Waals surface area (Å²) in [5.74, 6) is 0.0739. The lowest BCUT2D eigenvalue weighted by atomic mass is 9.84. The number of carbonyl (C=O) groups excluding carboxylic acids is 3. The van der Waals surface area contributed by atoms with Gasteiger partial charge in [0, 0.05) is 48.0 Å². The highest BCUT2D eigenvalue weighted by molar-refractivity contribution is 6.31. The average Bonchev–Trinajstić information content (AvgIpc) is 3.26. The zero-order valence-electron chi connectivity index (χ0n) is 19.3. The van der Waals surface area contributed by atoms with Crippen LogP contribution in [0.4, 0.5) is 0 Å². The number of nitrogens with zero attached hydrogens (tertiary/aromatic N) is 2. The highest BCUT2D eigenvalue weighted by atomic mass is 35.5. The number of aromatic amines is 1. The van der Waals surface area contributed by atoms with Crippen LogP contribution < -0.4 is 0 Å². The molecule has 0 unspecified atom stereocenters. The van der Waals surface area contributed by atoms with Gasteiger partial charge < -0.3 is 19.5 Å². The van der Waals surface area contributed by atoms with Crippen LogP contribution in [0.5, 0.6) is 0 Å². The number of H-pyrrole nitrogens is 1. The number of carbonyl (C=O) groups is 3. The van der Waals surface area contributed by atoms with Gasteiger partial charge in [-0.15, -0.1) is 0 Å². The van der Waals surface area contributed by atoms with E-state index in [-0.39, 0.29) is 35.5 Å². The number of halogens is 1. The largest absolute Gasteiger partial charge is 0.466 e. The molecule has 2 fully saturated rings. The van der Waals surface area contributed by atoms with E-state index in [1.807, 2.05) is 41.8 Å². The van der Waals surface area contributed by atoms with E-state index in [1.54, 1.807) is 6.07 Å². The van der Waals surface area contributed by atoms with Crippen molar-refractivity contribution in [1.29, 1.82) is 0 Å². The summed E-state index contributed by atoms with van der Waals surface area (Å²) >= 11 is 6.06. The first-order chi connectivity index (χ1) is 15.9. The van der Waals surface area contributed by atoms with Crippen molar-refractivity contribution in [3.63, 3.8) is 0 Å². The number of amides is 2. The first-order valence-electron chi connectivity index (χ1n) is 11.9. The molecule has 0 spiro atoms. The molecule has 2 aromatic rings. The van der Waals surface area contributed by atoms with E-state index >= 15 is 0 Å². The van der Waals surface area contributed by atoms with Crippen LogP contribution in [0.2, 0.25) is 5.02 Å². The fourth-order valence-electron chi connectivity index (χ4n) is 5.08. The van der Waals surface area contributed by atoms with Crippen LogP contribution in [0.1, 0.15) is 50.0 Å². The fraction of sp³-hybridized carbons (Fsp3) is 0.560. The van der Waals surface area contributed by atoms with Crippen molar-refractivity contribution in [3.05, 3.63) is 35.0 Å². The second-order valence-corrected chi connectivity index (χ2v) is 9.62. The van der Waals surface area contributed by atoms with Gasteiger partial charge in [0.2, 0.25) is 5.91 Å². The van der Waals surface area contributed by atoms with Gasteiger partial charge in [-0.05, 0) is 62.8 Å². The van der Waals surface area contributed by atoms with Gasteiger partial charge in [0.05, 0.1) is 12.5 Å². The molecule has 4 rings (SSSR count). The Kier molecular flexibility index (Phi) is 7.27. The summed E-state index contributed by atoms with van der Waals surface area (Å²) in [6, 6.07) is 7.38. The van der Waals surface area contributed by atoms with E-state index in [0.717, 1.165) is 23.7 Å². The fourth-order valence-corrected chi connectivity index (χ4v) is 5.26. The Morgan fingerprint density at radius 3 is 2.39 bits per heavy atom. The topological polar surface area (TPSA) is 82.7 Å². The number of piperidine rings is 2. The normalized spacial score (nSPS) is 19.0. The third kappa shape index (κ3) is 5.18. The van der Waals surface area contributed by atoms with Crippen molar-refractivity contribution < 1.29 is 19.1 Å². The van der Waals surface area contributed by atoms with Crippen molar-refractivity contribution in [1.82, 2.24) is 14.8 Å². The molecule has 0 saturated carbocycles. The molecule has 8 heteroatoms. The lowest BCUT2D eigenvalue weighted by Crippen LogP contribution is -2.46. The summed E-state index contributed by atoms with van der Waals surface area (Å²) in [6.45, 7) is 6.70. The molecule has 2 saturated heterocycles. The Bertz CT molecular complexity index is 1020. The quantitative estimate of drug-likeness (QED) is 0.662. The number of hydrogen-bond donors (Lipinski definition) is 1. The summed E-state index contributed by atoms with van der Waals surface area (Å²) < 4.78 is 5.12. The van der Waals surface area contributed by atoms with E-state index in [1.165, 1.54) is 0 Å². The SMILES string of the molecule is CCOC(=O)C1CCN(C(=O)[C@@H](C)C2CCN(C(=O)c3cc4cc(Cl)ccc4[nH]3)CC2)CC1. The maximum absolute atomic E-state index is 13.1. The third-order valence-corrected chi connectivity index (χ3v) is 7.40. The summed E-state index contributed by atoms with van der Waals surface area (Å²) in [7, 11) is 0. The van der Waals surface area contributed by atoms with Crippen LogP contribution in [-0.2, 0) is 14.3 Å². The number of aromatic nitrogens is 1. The number of ether oxygens (including phenoxy) is 1. The minimum atomic E-state index is -0.146. The molecule has 2 amide bonds. The standard InChI is InChI=1S/C25H32ClN3O4/c1-3-33-25(32)18-8-12-28(13-9-18)23(30)16(2)17-6-10-29(11-7-17)24(31)22-15-19-14-20(26)4-5-21(19)27-22/h4-5,14-18,27H,3,6-13H2,1-2H3/t16-/m0/s1. The first-order valence-corrected chi connectivity index (χ1v) is 12.3. The number of fused-ring (bicyclic) bond motifs is 1. The predicted octanol–water partition coefficient (Wildman–Crippen LogP) is 4.11.